The molecule has 1 saturated heterocycles. The van der Waals surface area contributed by atoms with Crippen LogP contribution in [0.4, 0.5) is 8.78 Å². The van der Waals surface area contributed by atoms with Gasteiger partial charge >= 0.3 is 0 Å². The van der Waals surface area contributed by atoms with Crippen molar-refractivity contribution in [1.82, 2.24) is 24.6 Å². The van der Waals surface area contributed by atoms with Gasteiger partial charge in [-0.2, -0.15) is 5.10 Å². The van der Waals surface area contributed by atoms with Gasteiger partial charge in [-0.15, -0.1) is 0 Å². The van der Waals surface area contributed by atoms with Gasteiger partial charge in [0.1, 0.15) is 17.6 Å². The van der Waals surface area contributed by atoms with Gasteiger partial charge in [-0.25, -0.2) is 13.8 Å². The van der Waals surface area contributed by atoms with E-state index in [1.165, 1.54) is 10.7 Å². The van der Waals surface area contributed by atoms with Crippen molar-refractivity contribution < 1.29 is 13.6 Å². The first-order valence-electron chi connectivity index (χ1n) is 9.51. The van der Waals surface area contributed by atoms with Gasteiger partial charge in [0.25, 0.3) is 12.0 Å². The second-order valence-electron chi connectivity index (χ2n) is 7.75. The Bertz CT molecular complexity index is 983. The number of amides is 1. The molecule has 2 aliphatic heterocycles. The number of halogens is 2. The van der Waals surface area contributed by atoms with Crippen LogP contribution in [0.15, 0.2) is 10.9 Å². The van der Waals surface area contributed by atoms with Gasteiger partial charge in [0.2, 0.25) is 5.91 Å². The number of hydrogen-bond donors (Lipinski definition) is 1. The summed E-state index contributed by atoms with van der Waals surface area (Å²) >= 11 is 0. The standard InChI is InChI=1S/C19H23F2N5O2/c1-9-6-16(17(20)21)24-26(9)10(2)19(28)25-12-4-5-13(25)8-15-14(7-12)18(27)23-11(3)22-15/h6,10,12-13,17H,4-5,7-8H2,1-3H3,(H,22,23,27)/t10-,12-,13-/m1/s1. The van der Waals surface area contributed by atoms with Crippen LogP contribution in [0, 0.1) is 13.8 Å². The molecule has 0 unspecified atom stereocenters. The van der Waals surface area contributed by atoms with Crippen LogP contribution >= 0.6 is 0 Å². The normalized spacial score (nSPS) is 22.3. The molecule has 1 amide bonds. The molecule has 2 aromatic heterocycles. The zero-order chi connectivity index (χ0) is 20.2. The Morgan fingerprint density at radius 2 is 1.93 bits per heavy atom. The van der Waals surface area contributed by atoms with Crippen LogP contribution in [0.2, 0.25) is 0 Å². The number of carbonyl (C=O) groups is 1. The fourth-order valence-corrected chi connectivity index (χ4v) is 4.56. The van der Waals surface area contributed by atoms with Gasteiger partial charge in [0.05, 0.1) is 5.69 Å². The first-order chi connectivity index (χ1) is 13.3. The Balaban J connectivity index is 1.64. The molecule has 0 saturated carbocycles. The fourth-order valence-electron chi connectivity index (χ4n) is 4.56. The summed E-state index contributed by atoms with van der Waals surface area (Å²) in [7, 11) is 0. The molecule has 9 heteroatoms. The van der Waals surface area contributed by atoms with E-state index in [2.05, 4.69) is 15.1 Å². The fraction of sp³-hybridized carbons (Fsp3) is 0.579. The van der Waals surface area contributed by atoms with Crippen molar-refractivity contribution in [3.05, 3.63) is 44.9 Å². The molecule has 150 valence electrons. The van der Waals surface area contributed by atoms with Gasteiger partial charge in [0.15, 0.2) is 0 Å². The van der Waals surface area contributed by atoms with Gasteiger partial charge in [0, 0.05) is 36.2 Å². The van der Waals surface area contributed by atoms with Crippen LogP contribution in [0.25, 0.3) is 0 Å². The minimum Gasteiger partial charge on any atom is -0.334 e. The molecule has 0 aliphatic carbocycles. The van der Waals surface area contributed by atoms with Gasteiger partial charge in [-0.3, -0.25) is 14.3 Å². The third kappa shape index (κ3) is 3.02. The Hall–Kier alpha value is -2.58. The molecule has 3 atom stereocenters. The third-order valence-corrected chi connectivity index (χ3v) is 5.85. The maximum absolute atomic E-state index is 13.3. The van der Waals surface area contributed by atoms with Crippen LogP contribution in [0.3, 0.4) is 0 Å². The number of carbonyl (C=O) groups excluding carboxylic acids is 1. The smallest absolute Gasteiger partial charge is 0.282 e. The lowest BCUT2D eigenvalue weighted by Gasteiger charge is -2.31. The van der Waals surface area contributed by atoms with Crippen LogP contribution in [0.5, 0.6) is 0 Å². The lowest BCUT2D eigenvalue weighted by atomic mass is 9.98. The summed E-state index contributed by atoms with van der Waals surface area (Å²) in [6.45, 7) is 5.10. The van der Waals surface area contributed by atoms with E-state index in [4.69, 9.17) is 0 Å². The highest BCUT2D eigenvalue weighted by molar-refractivity contribution is 5.81. The predicted molar refractivity (Wildman–Crippen MR) is 97.3 cm³/mol. The van der Waals surface area contributed by atoms with E-state index in [-0.39, 0.29) is 29.2 Å². The summed E-state index contributed by atoms with van der Waals surface area (Å²) < 4.78 is 27.3. The van der Waals surface area contributed by atoms with Crippen molar-refractivity contribution in [1.29, 1.82) is 0 Å². The second kappa shape index (κ2) is 6.79. The molecule has 1 N–H and O–H groups in total. The van der Waals surface area contributed by atoms with Gasteiger partial charge in [-0.05, 0) is 39.7 Å². The highest BCUT2D eigenvalue weighted by atomic mass is 19.3. The first-order valence-corrected chi connectivity index (χ1v) is 9.51. The highest BCUT2D eigenvalue weighted by Gasteiger charge is 2.42. The summed E-state index contributed by atoms with van der Waals surface area (Å²) in [5, 5.41) is 3.94. The topological polar surface area (TPSA) is 83.9 Å². The van der Waals surface area contributed by atoms with E-state index >= 15 is 0 Å². The first kappa shape index (κ1) is 18.8. The Morgan fingerprint density at radius 3 is 2.57 bits per heavy atom. The predicted octanol–water partition coefficient (Wildman–Crippen LogP) is 2.24. The van der Waals surface area contributed by atoms with Crippen LogP contribution in [-0.2, 0) is 17.6 Å². The van der Waals surface area contributed by atoms with Gasteiger partial charge in [-0.1, -0.05) is 0 Å². The van der Waals surface area contributed by atoms with E-state index in [1.54, 1.807) is 20.8 Å². The molecule has 0 spiro atoms. The van der Waals surface area contributed by atoms with Crippen molar-refractivity contribution >= 4 is 5.91 Å². The summed E-state index contributed by atoms with van der Waals surface area (Å²) in [5.74, 6) is 0.417. The van der Waals surface area contributed by atoms with Crippen molar-refractivity contribution in [3.63, 3.8) is 0 Å². The Morgan fingerprint density at radius 1 is 1.25 bits per heavy atom. The summed E-state index contributed by atoms with van der Waals surface area (Å²) in [6, 6.07) is 0.496. The van der Waals surface area contributed by atoms with Crippen molar-refractivity contribution in [2.75, 3.05) is 0 Å². The zero-order valence-electron chi connectivity index (χ0n) is 16.1. The minimum absolute atomic E-state index is 0.0414. The number of aromatic amines is 1. The summed E-state index contributed by atoms with van der Waals surface area (Å²) in [6.07, 6.45) is -0.0118. The molecule has 0 radical (unpaired) electrons. The maximum Gasteiger partial charge on any atom is 0.282 e. The third-order valence-electron chi connectivity index (χ3n) is 5.85. The van der Waals surface area contributed by atoms with Crippen molar-refractivity contribution in [2.24, 2.45) is 0 Å². The number of nitrogens with zero attached hydrogens (tertiary/aromatic N) is 4. The zero-order valence-corrected chi connectivity index (χ0v) is 16.1. The highest BCUT2D eigenvalue weighted by Crippen LogP contribution is 2.34. The van der Waals surface area contributed by atoms with Crippen LogP contribution in [0.1, 0.15) is 60.7 Å². The molecule has 2 bridgehead atoms. The minimum atomic E-state index is -2.67. The molecule has 4 heterocycles. The molecule has 28 heavy (non-hydrogen) atoms. The quantitative estimate of drug-likeness (QED) is 0.870. The average molecular weight is 391 g/mol. The van der Waals surface area contributed by atoms with E-state index in [9.17, 15) is 18.4 Å². The number of rotatable bonds is 3. The lowest BCUT2D eigenvalue weighted by molar-refractivity contribution is -0.137. The summed E-state index contributed by atoms with van der Waals surface area (Å²) in [4.78, 5) is 34.8. The van der Waals surface area contributed by atoms with Crippen LogP contribution in [-0.4, -0.2) is 42.6 Å². The van der Waals surface area contributed by atoms with E-state index < -0.39 is 12.5 Å². The molecule has 7 nitrogen and oxygen atoms in total. The monoisotopic (exact) mass is 391 g/mol. The number of fused-ring (bicyclic) bond motifs is 3. The molecule has 2 aromatic rings. The van der Waals surface area contributed by atoms with Crippen molar-refractivity contribution in [2.45, 2.75) is 71.0 Å². The van der Waals surface area contributed by atoms with Crippen LogP contribution < -0.4 is 5.56 Å². The molecular formula is C19H23F2N5O2. The van der Waals surface area contributed by atoms with E-state index in [0.29, 0.717) is 29.9 Å². The maximum atomic E-state index is 13.3. The Kier molecular flexibility index (Phi) is 4.55. The lowest BCUT2D eigenvalue weighted by Crippen LogP contribution is -2.45. The van der Waals surface area contributed by atoms with E-state index in [1.807, 2.05) is 4.90 Å². The number of nitrogens with one attached hydrogen (secondary N) is 1. The molecule has 1 fully saturated rings. The number of hydrogen-bond acceptors (Lipinski definition) is 4. The summed E-state index contributed by atoms with van der Waals surface area (Å²) in [5.41, 5.74) is 1.47. The average Bonchev–Trinajstić information content (AvgIpc) is 3.14. The molecule has 2 aliphatic rings. The molecule has 0 aromatic carbocycles. The Labute approximate surface area is 160 Å². The number of H-pyrrole nitrogens is 1. The molecular weight excluding hydrogens is 368 g/mol. The SMILES string of the molecule is Cc1nc2c(c(=O)[nH]1)C[C@H]1CC[C@H](C2)N1C(=O)[C@@H](C)n1nc(C(F)F)cc1C. The van der Waals surface area contributed by atoms with Gasteiger partial charge < -0.3 is 9.88 Å². The van der Waals surface area contributed by atoms with Crippen molar-refractivity contribution in [3.8, 4) is 0 Å². The molecule has 4 rings (SSSR count). The number of aromatic nitrogens is 4. The number of alkyl halides is 2. The number of aryl methyl sites for hydroxylation is 2. The van der Waals surface area contributed by atoms with E-state index in [0.717, 1.165) is 18.5 Å². The second-order valence-corrected chi connectivity index (χ2v) is 7.75. The largest absolute Gasteiger partial charge is 0.334 e.